The SMILES string of the molecule is O=C(OC(C12CC3CC(CC(C3)C1)C2)C(F)(F)C(=O)[O-])c1ccccc1I. The number of ether oxygens (including phenoxy) is 1. The molecule has 0 aliphatic heterocycles. The minimum atomic E-state index is -4.22. The zero-order chi connectivity index (χ0) is 19.4. The minimum Gasteiger partial charge on any atom is -0.544 e. The molecule has 0 saturated heterocycles. The Kier molecular flexibility index (Phi) is 4.71. The largest absolute Gasteiger partial charge is 0.544 e. The second kappa shape index (κ2) is 6.67. The van der Waals surface area contributed by atoms with Crippen molar-refractivity contribution < 1.29 is 28.2 Å². The van der Waals surface area contributed by atoms with Gasteiger partial charge in [0.2, 0.25) is 0 Å². The fourth-order valence-electron chi connectivity index (χ4n) is 5.99. The molecular weight excluding hydrogens is 469 g/mol. The van der Waals surface area contributed by atoms with Gasteiger partial charge < -0.3 is 14.6 Å². The zero-order valence-electron chi connectivity index (χ0n) is 14.6. The summed E-state index contributed by atoms with van der Waals surface area (Å²) in [5.74, 6) is -6.66. The van der Waals surface area contributed by atoms with Crippen LogP contribution in [0.3, 0.4) is 0 Å². The molecular formula is C20H20F2IO4-. The van der Waals surface area contributed by atoms with Crippen molar-refractivity contribution in [2.24, 2.45) is 23.2 Å². The highest BCUT2D eigenvalue weighted by molar-refractivity contribution is 14.1. The van der Waals surface area contributed by atoms with Gasteiger partial charge in [0, 0.05) is 8.99 Å². The third-order valence-electron chi connectivity index (χ3n) is 6.56. The number of halogens is 3. The van der Waals surface area contributed by atoms with E-state index in [0.29, 0.717) is 40.6 Å². The smallest absolute Gasteiger partial charge is 0.339 e. The molecule has 0 aromatic heterocycles. The maximum atomic E-state index is 14.8. The first kappa shape index (κ1) is 19.1. The Hall–Kier alpha value is -1.25. The molecule has 1 aromatic rings. The molecule has 0 amide bonds. The lowest BCUT2D eigenvalue weighted by molar-refractivity contribution is -0.342. The molecule has 0 N–H and O–H groups in total. The van der Waals surface area contributed by atoms with E-state index in [1.807, 2.05) is 22.6 Å². The molecule has 4 fully saturated rings. The summed E-state index contributed by atoms with van der Waals surface area (Å²) >= 11 is 1.93. The third-order valence-corrected chi connectivity index (χ3v) is 7.50. The molecule has 0 spiro atoms. The molecule has 1 aromatic carbocycles. The summed E-state index contributed by atoms with van der Waals surface area (Å²) in [6.45, 7) is 0. The molecule has 0 heterocycles. The van der Waals surface area contributed by atoms with Crippen molar-refractivity contribution in [2.75, 3.05) is 0 Å². The lowest BCUT2D eigenvalue weighted by atomic mass is 9.47. The normalized spacial score (nSPS) is 32.9. The lowest BCUT2D eigenvalue weighted by Crippen LogP contribution is -2.62. The van der Waals surface area contributed by atoms with E-state index in [1.165, 1.54) is 6.07 Å². The summed E-state index contributed by atoms with van der Waals surface area (Å²) in [5.41, 5.74) is -0.809. The summed E-state index contributed by atoms with van der Waals surface area (Å²) in [6.07, 6.45) is 2.50. The van der Waals surface area contributed by atoms with E-state index in [2.05, 4.69) is 0 Å². The Labute approximate surface area is 169 Å². The number of carboxylic acids is 1. The minimum absolute atomic E-state index is 0.168. The van der Waals surface area contributed by atoms with Gasteiger partial charge in [-0.25, -0.2) is 4.79 Å². The molecule has 4 saturated carbocycles. The van der Waals surface area contributed by atoms with Gasteiger partial charge in [-0.2, -0.15) is 8.78 Å². The number of esters is 1. The summed E-state index contributed by atoms with van der Waals surface area (Å²) in [5, 5.41) is 11.3. The van der Waals surface area contributed by atoms with Crippen LogP contribution in [0.2, 0.25) is 0 Å². The Bertz CT molecular complexity index is 744. The van der Waals surface area contributed by atoms with E-state index in [0.717, 1.165) is 19.3 Å². The lowest BCUT2D eigenvalue weighted by Gasteiger charge is -2.59. The van der Waals surface area contributed by atoms with Crippen molar-refractivity contribution in [1.82, 2.24) is 0 Å². The summed E-state index contributed by atoms with van der Waals surface area (Å²) in [7, 11) is 0. The monoisotopic (exact) mass is 489 g/mol. The van der Waals surface area contributed by atoms with E-state index >= 15 is 0 Å². The van der Waals surface area contributed by atoms with Crippen LogP contribution in [0.5, 0.6) is 0 Å². The molecule has 1 unspecified atom stereocenters. The molecule has 4 bridgehead atoms. The van der Waals surface area contributed by atoms with Gasteiger partial charge in [0.15, 0.2) is 6.10 Å². The Morgan fingerprint density at radius 2 is 1.63 bits per heavy atom. The maximum absolute atomic E-state index is 14.8. The van der Waals surface area contributed by atoms with E-state index < -0.39 is 29.4 Å². The number of hydrogen-bond donors (Lipinski definition) is 0. The highest BCUT2D eigenvalue weighted by Crippen LogP contribution is 2.63. The fourth-order valence-corrected chi connectivity index (χ4v) is 6.59. The predicted molar refractivity (Wildman–Crippen MR) is 98.9 cm³/mol. The maximum Gasteiger partial charge on any atom is 0.339 e. The number of carboxylic acid groups (broad SMARTS) is 1. The quantitative estimate of drug-likeness (QED) is 0.470. The second-order valence-corrected chi connectivity index (χ2v) is 9.62. The van der Waals surface area contributed by atoms with Crippen LogP contribution in [0.4, 0.5) is 8.78 Å². The summed E-state index contributed by atoms with van der Waals surface area (Å²) < 4.78 is 35.4. The first-order valence-electron chi connectivity index (χ1n) is 9.26. The van der Waals surface area contributed by atoms with Crippen molar-refractivity contribution >= 4 is 34.5 Å². The average Bonchev–Trinajstić information content (AvgIpc) is 2.58. The number of rotatable bonds is 5. The predicted octanol–water partition coefficient (Wildman–Crippen LogP) is 3.42. The third kappa shape index (κ3) is 3.25. The molecule has 146 valence electrons. The molecule has 27 heavy (non-hydrogen) atoms. The molecule has 7 heteroatoms. The van der Waals surface area contributed by atoms with Crippen molar-refractivity contribution in [3.05, 3.63) is 33.4 Å². The highest BCUT2D eigenvalue weighted by Gasteiger charge is 2.62. The first-order chi connectivity index (χ1) is 12.7. The number of alkyl halides is 2. The van der Waals surface area contributed by atoms with Crippen molar-refractivity contribution in [2.45, 2.75) is 50.6 Å². The fraction of sp³-hybridized carbons (Fsp3) is 0.600. The second-order valence-electron chi connectivity index (χ2n) is 8.46. The summed E-state index contributed by atoms with van der Waals surface area (Å²) in [4.78, 5) is 24.0. The van der Waals surface area contributed by atoms with Gasteiger partial charge in [0.25, 0.3) is 0 Å². The van der Waals surface area contributed by atoms with Gasteiger partial charge in [-0.15, -0.1) is 0 Å². The van der Waals surface area contributed by atoms with Gasteiger partial charge in [0.1, 0.15) is 5.97 Å². The topological polar surface area (TPSA) is 66.4 Å². The number of carbonyl (C=O) groups is 2. The standard InChI is InChI=1S/C20H21F2IO4/c21-20(22,18(25)26)17(27-16(24)14-3-1-2-4-15(14)23)19-8-11-5-12(9-19)7-13(6-11)10-19/h1-4,11-13,17H,5-10H2,(H,25,26)/p-1. The van der Waals surface area contributed by atoms with E-state index in [-0.39, 0.29) is 5.56 Å². The molecule has 0 radical (unpaired) electrons. The van der Waals surface area contributed by atoms with Crippen LogP contribution >= 0.6 is 22.6 Å². The molecule has 4 aliphatic carbocycles. The van der Waals surface area contributed by atoms with Crippen molar-refractivity contribution in [3.63, 3.8) is 0 Å². The van der Waals surface area contributed by atoms with Gasteiger partial charge >= 0.3 is 11.9 Å². The Morgan fingerprint density at radius 3 is 2.11 bits per heavy atom. The zero-order valence-corrected chi connectivity index (χ0v) is 16.8. The van der Waals surface area contributed by atoms with Crippen LogP contribution in [-0.2, 0) is 9.53 Å². The summed E-state index contributed by atoms with van der Waals surface area (Å²) in [6, 6.07) is 6.52. The Morgan fingerprint density at radius 1 is 1.11 bits per heavy atom. The number of benzene rings is 1. The van der Waals surface area contributed by atoms with Crippen LogP contribution in [-0.4, -0.2) is 24.0 Å². The van der Waals surface area contributed by atoms with Gasteiger partial charge in [-0.1, -0.05) is 12.1 Å². The van der Waals surface area contributed by atoms with Crippen LogP contribution < -0.4 is 5.11 Å². The van der Waals surface area contributed by atoms with E-state index in [1.54, 1.807) is 18.2 Å². The van der Waals surface area contributed by atoms with Crippen LogP contribution in [0, 0.1) is 26.7 Å². The molecule has 4 nitrogen and oxygen atoms in total. The van der Waals surface area contributed by atoms with E-state index in [9.17, 15) is 23.5 Å². The van der Waals surface area contributed by atoms with E-state index in [4.69, 9.17) is 4.74 Å². The molecule has 5 rings (SSSR count). The molecule has 1 atom stereocenters. The average molecular weight is 489 g/mol. The van der Waals surface area contributed by atoms with Gasteiger partial charge in [-0.3, -0.25) is 0 Å². The Balaban J connectivity index is 1.69. The van der Waals surface area contributed by atoms with Crippen molar-refractivity contribution in [1.29, 1.82) is 0 Å². The highest BCUT2D eigenvalue weighted by atomic mass is 127. The van der Waals surface area contributed by atoms with Crippen LogP contribution in [0.15, 0.2) is 24.3 Å². The van der Waals surface area contributed by atoms with Crippen LogP contribution in [0.1, 0.15) is 48.9 Å². The number of aliphatic carboxylic acids is 1. The van der Waals surface area contributed by atoms with Crippen LogP contribution in [0.25, 0.3) is 0 Å². The van der Waals surface area contributed by atoms with Crippen molar-refractivity contribution in [3.8, 4) is 0 Å². The molecule has 4 aliphatic rings. The first-order valence-corrected chi connectivity index (χ1v) is 10.3. The number of carbonyl (C=O) groups excluding carboxylic acids is 2. The van der Waals surface area contributed by atoms with Gasteiger partial charge in [-0.05, 0) is 91.0 Å². The van der Waals surface area contributed by atoms with Gasteiger partial charge in [0.05, 0.1) is 5.56 Å². The number of hydrogen-bond acceptors (Lipinski definition) is 4.